The third-order valence-electron chi connectivity index (χ3n) is 2.76. The molecule has 1 aromatic carbocycles. The average Bonchev–Trinajstić information content (AvgIpc) is 2.78. The number of rotatable bonds is 4. The Hall–Kier alpha value is -2.50. The molecule has 0 saturated carbocycles. The van der Waals surface area contributed by atoms with Crippen molar-refractivity contribution in [3.8, 4) is 5.75 Å². The van der Waals surface area contributed by atoms with Crippen LogP contribution >= 0.6 is 0 Å². The second kappa shape index (κ2) is 5.43. The maximum absolute atomic E-state index is 11.9. The summed E-state index contributed by atoms with van der Waals surface area (Å²) in [6.07, 6.45) is 3.24. The number of carbonyl (C=O) groups excluding carboxylic acids is 1. The first-order valence-electron chi connectivity index (χ1n) is 5.92. The molecule has 19 heavy (non-hydrogen) atoms. The smallest absolute Gasteiger partial charge is 0.255 e. The lowest BCUT2D eigenvalue weighted by molar-refractivity contribution is 0.0949. The highest BCUT2D eigenvalue weighted by Crippen LogP contribution is 2.20. The Morgan fingerprint density at radius 3 is 3.00 bits per heavy atom. The van der Waals surface area contributed by atoms with E-state index in [0.29, 0.717) is 24.3 Å². The van der Waals surface area contributed by atoms with Crippen LogP contribution in [0.3, 0.4) is 0 Å². The number of nitrogens with one attached hydrogen (secondary N) is 1. The number of aromatic nitrogens is 2. The molecule has 6 nitrogen and oxygen atoms in total. The van der Waals surface area contributed by atoms with Crippen LogP contribution in [0.25, 0.3) is 0 Å². The summed E-state index contributed by atoms with van der Waals surface area (Å²) < 4.78 is 1.64. The second-order valence-electron chi connectivity index (χ2n) is 4.26. The number of anilines is 1. The molecule has 100 valence electrons. The van der Waals surface area contributed by atoms with E-state index in [1.54, 1.807) is 42.2 Å². The van der Waals surface area contributed by atoms with Crippen LogP contribution in [-0.2, 0) is 6.54 Å². The van der Waals surface area contributed by atoms with Crippen LogP contribution in [0.2, 0.25) is 0 Å². The molecule has 1 amide bonds. The van der Waals surface area contributed by atoms with Crippen LogP contribution in [0.4, 0.5) is 5.69 Å². The number of aryl methyl sites for hydroxylation is 1. The van der Waals surface area contributed by atoms with Gasteiger partial charge < -0.3 is 16.2 Å². The number of para-hydroxylation sites is 1. The quantitative estimate of drug-likeness (QED) is 0.761. The van der Waals surface area contributed by atoms with E-state index in [2.05, 4.69) is 10.4 Å². The van der Waals surface area contributed by atoms with Crippen molar-refractivity contribution in [2.75, 3.05) is 12.3 Å². The van der Waals surface area contributed by atoms with E-state index in [1.807, 2.05) is 0 Å². The summed E-state index contributed by atoms with van der Waals surface area (Å²) in [5.74, 6) is -0.287. The normalized spacial score (nSPS) is 10.4. The highest BCUT2D eigenvalue weighted by atomic mass is 16.3. The van der Waals surface area contributed by atoms with Gasteiger partial charge in [0, 0.05) is 12.7 Å². The maximum Gasteiger partial charge on any atom is 0.255 e. The number of phenolic OH excluding ortho intramolecular Hbond substituents is 1. The molecule has 0 aliphatic rings. The Kier molecular flexibility index (Phi) is 3.70. The second-order valence-corrected chi connectivity index (χ2v) is 4.26. The fraction of sp³-hybridized carbons (Fsp3) is 0.231. The maximum atomic E-state index is 11.9. The summed E-state index contributed by atoms with van der Waals surface area (Å²) in [5, 5.41) is 16.5. The van der Waals surface area contributed by atoms with Crippen molar-refractivity contribution in [3.05, 3.63) is 41.7 Å². The number of nitrogens with zero attached hydrogens (tertiary/aromatic N) is 2. The standard InChI is InChI=1S/C13H16N4O2/c1-9-3-2-4-11(12(9)18)13(19)15-5-6-17-8-10(14)7-16-17/h2-4,7-8,18H,5-6,14H2,1H3,(H,15,19). The number of carbonyl (C=O) groups is 1. The first-order chi connectivity index (χ1) is 9.08. The number of hydrogen-bond donors (Lipinski definition) is 3. The molecule has 2 aromatic rings. The number of nitrogens with two attached hydrogens (primary N) is 1. The van der Waals surface area contributed by atoms with Crippen molar-refractivity contribution in [3.63, 3.8) is 0 Å². The van der Waals surface area contributed by atoms with Crippen molar-refractivity contribution < 1.29 is 9.90 Å². The first-order valence-corrected chi connectivity index (χ1v) is 5.92. The fourth-order valence-electron chi connectivity index (χ4n) is 1.72. The highest BCUT2D eigenvalue weighted by Gasteiger charge is 2.11. The number of nitrogen functional groups attached to an aromatic ring is 1. The molecule has 1 heterocycles. The zero-order chi connectivity index (χ0) is 13.8. The van der Waals surface area contributed by atoms with Gasteiger partial charge in [0.25, 0.3) is 5.91 Å². The van der Waals surface area contributed by atoms with E-state index in [-0.39, 0.29) is 17.2 Å². The molecule has 0 spiro atoms. The van der Waals surface area contributed by atoms with Gasteiger partial charge in [-0.05, 0) is 18.6 Å². The van der Waals surface area contributed by atoms with E-state index in [0.717, 1.165) is 0 Å². The van der Waals surface area contributed by atoms with Gasteiger partial charge in [-0.2, -0.15) is 5.10 Å². The molecule has 0 bridgehead atoms. The van der Waals surface area contributed by atoms with Gasteiger partial charge in [0.1, 0.15) is 5.75 Å². The van der Waals surface area contributed by atoms with Crippen LogP contribution in [0.5, 0.6) is 5.75 Å². The van der Waals surface area contributed by atoms with Gasteiger partial charge in [-0.25, -0.2) is 0 Å². The lowest BCUT2D eigenvalue weighted by Crippen LogP contribution is -2.27. The fourth-order valence-corrected chi connectivity index (χ4v) is 1.72. The van der Waals surface area contributed by atoms with Gasteiger partial charge >= 0.3 is 0 Å². The van der Waals surface area contributed by atoms with Crippen LogP contribution in [-0.4, -0.2) is 27.3 Å². The summed E-state index contributed by atoms with van der Waals surface area (Å²) in [6, 6.07) is 5.07. The molecule has 4 N–H and O–H groups in total. The lowest BCUT2D eigenvalue weighted by atomic mass is 10.1. The molecular weight excluding hydrogens is 244 g/mol. The third kappa shape index (κ3) is 3.04. The Balaban J connectivity index is 1.93. The zero-order valence-corrected chi connectivity index (χ0v) is 10.6. The van der Waals surface area contributed by atoms with Crippen LogP contribution < -0.4 is 11.1 Å². The molecule has 0 fully saturated rings. The molecular formula is C13H16N4O2. The van der Waals surface area contributed by atoms with E-state index in [1.165, 1.54) is 0 Å². The van der Waals surface area contributed by atoms with Crippen LogP contribution in [0, 0.1) is 6.92 Å². The highest BCUT2D eigenvalue weighted by molar-refractivity contribution is 5.97. The van der Waals surface area contributed by atoms with Crippen molar-refractivity contribution in [2.45, 2.75) is 13.5 Å². The molecule has 0 unspecified atom stereocenters. The molecule has 1 aromatic heterocycles. The van der Waals surface area contributed by atoms with E-state index in [4.69, 9.17) is 5.73 Å². The van der Waals surface area contributed by atoms with Crippen molar-refractivity contribution >= 4 is 11.6 Å². The summed E-state index contributed by atoms with van der Waals surface area (Å²) in [7, 11) is 0. The minimum atomic E-state index is -0.304. The van der Waals surface area contributed by atoms with Crippen molar-refractivity contribution in [1.82, 2.24) is 15.1 Å². The number of benzene rings is 1. The van der Waals surface area contributed by atoms with Crippen LogP contribution in [0.1, 0.15) is 15.9 Å². The van der Waals surface area contributed by atoms with Gasteiger partial charge in [0.15, 0.2) is 0 Å². The van der Waals surface area contributed by atoms with E-state index in [9.17, 15) is 9.90 Å². The molecule has 2 rings (SSSR count). The summed E-state index contributed by atoms with van der Waals surface area (Å²) in [5.41, 5.74) is 7.07. The Morgan fingerprint density at radius 2 is 2.32 bits per heavy atom. The Bertz CT molecular complexity index is 592. The summed E-state index contributed by atoms with van der Waals surface area (Å²) in [6.45, 7) is 2.68. The number of amides is 1. The molecule has 0 aliphatic heterocycles. The van der Waals surface area contributed by atoms with E-state index >= 15 is 0 Å². The SMILES string of the molecule is Cc1cccc(C(=O)NCCn2cc(N)cn2)c1O. The van der Waals surface area contributed by atoms with Crippen molar-refractivity contribution in [2.24, 2.45) is 0 Å². The van der Waals surface area contributed by atoms with Crippen molar-refractivity contribution in [1.29, 1.82) is 0 Å². The predicted octanol–water partition coefficient (Wildman–Crippen LogP) is 0.909. The molecule has 0 atom stereocenters. The predicted molar refractivity (Wildman–Crippen MR) is 71.8 cm³/mol. The minimum absolute atomic E-state index is 0.0170. The molecule has 0 aliphatic carbocycles. The average molecular weight is 260 g/mol. The number of aromatic hydroxyl groups is 1. The molecule has 0 saturated heterocycles. The summed E-state index contributed by atoms with van der Waals surface area (Å²) >= 11 is 0. The van der Waals surface area contributed by atoms with Gasteiger partial charge in [-0.15, -0.1) is 0 Å². The van der Waals surface area contributed by atoms with Crippen LogP contribution in [0.15, 0.2) is 30.6 Å². The molecule has 6 heteroatoms. The Morgan fingerprint density at radius 1 is 1.53 bits per heavy atom. The number of phenols is 1. The topological polar surface area (TPSA) is 93.2 Å². The monoisotopic (exact) mass is 260 g/mol. The largest absolute Gasteiger partial charge is 0.507 e. The first kappa shape index (κ1) is 12.9. The zero-order valence-electron chi connectivity index (χ0n) is 10.6. The van der Waals surface area contributed by atoms with Gasteiger partial charge in [-0.3, -0.25) is 9.48 Å². The van der Waals surface area contributed by atoms with Gasteiger partial charge in [0.05, 0.1) is 24.0 Å². The van der Waals surface area contributed by atoms with E-state index < -0.39 is 0 Å². The van der Waals surface area contributed by atoms with Gasteiger partial charge in [0.2, 0.25) is 0 Å². The minimum Gasteiger partial charge on any atom is -0.507 e. The Labute approximate surface area is 110 Å². The van der Waals surface area contributed by atoms with Gasteiger partial charge in [-0.1, -0.05) is 12.1 Å². The molecule has 0 radical (unpaired) electrons. The summed E-state index contributed by atoms with van der Waals surface area (Å²) in [4.78, 5) is 11.9. The third-order valence-corrected chi connectivity index (χ3v) is 2.76. The lowest BCUT2D eigenvalue weighted by Gasteiger charge is -2.08. The number of hydrogen-bond acceptors (Lipinski definition) is 4.